The van der Waals surface area contributed by atoms with Gasteiger partial charge in [-0.2, -0.15) is 0 Å². The van der Waals surface area contributed by atoms with Gasteiger partial charge in [0.25, 0.3) is 0 Å². The molecule has 0 aromatic carbocycles. The Hall–Kier alpha value is -1.10. The maximum Gasteiger partial charge on any atom is 0.222 e. The van der Waals surface area contributed by atoms with Gasteiger partial charge >= 0.3 is 0 Å². The molecular weight excluding hydrogens is 182 g/mol. The van der Waals surface area contributed by atoms with Crippen LogP contribution in [0, 0.1) is 0 Å². The van der Waals surface area contributed by atoms with Crippen molar-refractivity contribution < 1.29 is 9.59 Å². The van der Waals surface area contributed by atoms with Gasteiger partial charge in [0.2, 0.25) is 11.8 Å². The van der Waals surface area contributed by atoms with Gasteiger partial charge in [-0.25, -0.2) is 0 Å². The zero-order chi connectivity index (χ0) is 10.2. The van der Waals surface area contributed by atoms with Gasteiger partial charge in [-0.3, -0.25) is 9.59 Å². The molecule has 2 fully saturated rings. The van der Waals surface area contributed by atoms with E-state index in [0.717, 1.165) is 12.8 Å². The lowest BCUT2D eigenvalue weighted by molar-refractivity contribution is -0.122. The zero-order valence-electron chi connectivity index (χ0n) is 8.01. The number of nitrogens with two attached hydrogens (primary N) is 1. The van der Waals surface area contributed by atoms with Crippen LogP contribution >= 0.6 is 0 Å². The summed E-state index contributed by atoms with van der Waals surface area (Å²) in [5, 5.41) is 5.47. The van der Waals surface area contributed by atoms with E-state index in [9.17, 15) is 9.59 Å². The lowest BCUT2D eigenvalue weighted by Crippen LogP contribution is -2.40. The molecule has 1 unspecified atom stereocenters. The van der Waals surface area contributed by atoms with Crippen molar-refractivity contribution in [3.05, 3.63) is 0 Å². The van der Waals surface area contributed by atoms with E-state index < -0.39 is 0 Å². The van der Waals surface area contributed by atoms with E-state index in [-0.39, 0.29) is 23.4 Å². The average Bonchev–Trinajstić information content (AvgIpc) is 2.64. The minimum Gasteiger partial charge on any atom is -0.354 e. The molecule has 1 aliphatic heterocycles. The number of carbonyl (C=O) groups is 2. The maximum atomic E-state index is 11.4. The van der Waals surface area contributed by atoms with Crippen LogP contribution in [0.5, 0.6) is 0 Å². The molecule has 5 heteroatoms. The summed E-state index contributed by atoms with van der Waals surface area (Å²) in [5.74, 6) is -0.0318. The van der Waals surface area contributed by atoms with Gasteiger partial charge in [0.15, 0.2) is 0 Å². The van der Waals surface area contributed by atoms with Crippen molar-refractivity contribution in [1.82, 2.24) is 10.6 Å². The van der Waals surface area contributed by atoms with Crippen molar-refractivity contribution in [3.8, 4) is 0 Å². The van der Waals surface area contributed by atoms with Crippen LogP contribution in [0.4, 0.5) is 0 Å². The molecule has 0 aromatic heterocycles. The third kappa shape index (κ3) is 2.23. The fourth-order valence-electron chi connectivity index (χ4n) is 1.64. The van der Waals surface area contributed by atoms with E-state index in [2.05, 4.69) is 10.6 Å². The van der Waals surface area contributed by atoms with Gasteiger partial charge < -0.3 is 16.4 Å². The third-order valence-electron chi connectivity index (χ3n) is 2.75. The summed E-state index contributed by atoms with van der Waals surface area (Å²) in [7, 11) is 0. The van der Waals surface area contributed by atoms with Crippen LogP contribution in [0.3, 0.4) is 0 Å². The summed E-state index contributed by atoms with van der Waals surface area (Å²) in [5.41, 5.74) is 5.56. The predicted molar refractivity (Wildman–Crippen MR) is 50.3 cm³/mol. The summed E-state index contributed by atoms with van der Waals surface area (Å²) >= 11 is 0. The summed E-state index contributed by atoms with van der Waals surface area (Å²) in [6.07, 6.45) is 2.64. The minimum absolute atomic E-state index is 0.00387. The second-order valence-electron chi connectivity index (χ2n) is 4.31. The molecule has 1 atom stereocenters. The van der Waals surface area contributed by atoms with E-state index in [1.54, 1.807) is 0 Å². The van der Waals surface area contributed by atoms with Crippen LogP contribution in [0.15, 0.2) is 0 Å². The highest BCUT2D eigenvalue weighted by Crippen LogP contribution is 2.35. The number of hydrogen-bond donors (Lipinski definition) is 3. The smallest absolute Gasteiger partial charge is 0.222 e. The summed E-state index contributed by atoms with van der Waals surface area (Å²) < 4.78 is 0. The average molecular weight is 197 g/mol. The van der Waals surface area contributed by atoms with E-state index in [1.165, 1.54) is 0 Å². The molecule has 5 nitrogen and oxygen atoms in total. The van der Waals surface area contributed by atoms with Gasteiger partial charge in [0, 0.05) is 24.9 Å². The van der Waals surface area contributed by atoms with Gasteiger partial charge in [-0.1, -0.05) is 0 Å². The first-order valence-corrected chi connectivity index (χ1v) is 4.92. The molecular formula is C9H15N3O2. The Morgan fingerprint density at radius 3 is 2.86 bits per heavy atom. The van der Waals surface area contributed by atoms with Crippen molar-refractivity contribution in [2.75, 3.05) is 6.54 Å². The van der Waals surface area contributed by atoms with Crippen LogP contribution in [-0.2, 0) is 9.59 Å². The second-order valence-corrected chi connectivity index (χ2v) is 4.31. The summed E-state index contributed by atoms with van der Waals surface area (Å²) in [6.45, 7) is 0.544. The molecule has 78 valence electrons. The standard InChI is InChI=1S/C9H15N3O2/c10-9(1-2-9)4-8(14)12-6-3-7(13)11-5-6/h6H,1-5,10H2,(H,11,13)(H,12,14). The molecule has 2 rings (SSSR count). The van der Waals surface area contributed by atoms with Gasteiger partial charge in [0.05, 0.1) is 6.04 Å². The molecule has 0 spiro atoms. The highest BCUT2D eigenvalue weighted by Gasteiger charge is 2.40. The van der Waals surface area contributed by atoms with Crippen molar-refractivity contribution >= 4 is 11.8 Å². The molecule has 1 aliphatic carbocycles. The minimum atomic E-state index is -0.250. The van der Waals surface area contributed by atoms with Gasteiger partial charge in [-0.05, 0) is 12.8 Å². The first kappa shape index (κ1) is 9.45. The van der Waals surface area contributed by atoms with E-state index in [4.69, 9.17) is 5.73 Å². The van der Waals surface area contributed by atoms with Crippen molar-refractivity contribution in [2.24, 2.45) is 5.73 Å². The molecule has 0 radical (unpaired) electrons. The lowest BCUT2D eigenvalue weighted by Gasteiger charge is -2.12. The first-order chi connectivity index (χ1) is 6.57. The fourth-order valence-corrected chi connectivity index (χ4v) is 1.64. The number of carbonyl (C=O) groups excluding carboxylic acids is 2. The van der Waals surface area contributed by atoms with Gasteiger partial charge in [-0.15, -0.1) is 0 Å². The van der Waals surface area contributed by atoms with E-state index >= 15 is 0 Å². The number of rotatable bonds is 3. The Bertz CT molecular complexity index is 273. The highest BCUT2D eigenvalue weighted by molar-refractivity contribution is 5.82. The Kier molecular flexibility index (Phi) is 2.19. The molecule has 0 aromatic rings. The Balaban J connectivity index is 1.74. The molecule has 1 heterocycles. The molecule has 1 saturated heterocycles. The highest BCUT2D eigenvalue weighted by atomic mass is 16.2. The molecule has 4 N–H and O–H groups in total. The van der Waals surface area contributed by atoms with E-state index in [0.29, 0.717) is 19.4 Å². The van der Waals surface area contributed by atoms with Crippen molar-refractivity contribution in [3.63, 3.8) is 0 Å². The third-order valence-corrected chi connectivity index (χ3v) is 2.75. The van der Waals surface area contributed by atoms with Crippen molar-refractivity contribution in [1.29, 1.82) is 0 Å². The topological polar surface area (TPSA) is 84.2 Å². The molecule has 2 amide bonds. The number of amides is 2. The molecule has 2 aliphatic rings. The molecule has 14 heavy (non-hydrogen) atoms. The van der Waals surface area contributed by atoms with Crippen LogP contribution in [0.2, 0.25) is 0 Å². The first-order valence-electron chi connectivity index (χ1n) is 4.92. The fraction of sp³-hybridized carbons (Fsp3) is 0.778. The Labute approximate surface area is 82.4 Å². The SMILES string of the molecule is NC1(CC(=O)NC2CNC(=O)C2)CC1. The second kappa shape index (κ2) is 3.24. The Morgan fingerprint density at radius 1 is 1.64 bits per heavy atom. The molecule has 1 saturated carbocycles. The summed E-state index contributed by atoms with van der Waals surface area (Å²) in [6, 6.07) is -0.0441. The monoisotopic (exact) mass is 197 g/mol. The largest absolute Gasteiger partial charge is 0.354 e. The Morgan fingerprint density at radius 2 is 2.36 bits per heavy atom. The van der Waals surface area contributed by atoms with Gasteiger partial charge in [0.1, 0.15) is 0 Å². The lowest BCUT2D eigenvalue weighted by atomic mass is 10.1. The van der Waals surface area contributed by atoms with Crippen LogP contribution in [0.25, 0.3) is 0 Å². The van der Waals surface area contributed by atoms with Crippen LogP contribution < -0.4 is 16.4 Å². The maximum absolute atomic E-state index is 11.4. The summed E-state index contributed by atoms with van der Waals surface area (Å²) in [4.78, 5) is 22.3. The molecule has 0 bridgehead atoms. The van der Waals surface area contributed by atoms with Crippen molar-refractivity contribution in [2.45, 2.75) is 37.3 Å². The van der Waals surface area contributed by atoms with Crippen LogP contribution in [0.1, 0.15) is 25.7 Å². The number of nitrogens with one attached hydrogen (secondary N) is 2. The van der Waals surface area contributed by atoms with Crippen LogP contribution in [-0.4, -0.2) is 29.9 Å². The predicted octanol–water partition coefficient (Wildman–Crippen LogP) is -1.13. The number of hydrogen-bond acceptors (Lipinski definition) is 3. The quantitative estimate of drug-likeness (QED) is 0.535. The normalized spacial score (nSPS) is 28.4. The zero-order valence-corrected chi connectivity index (χ0v) is 8.01. The van der Waals surface area contributed by atoms with E-state index in [1.807, 2.05) is 0 Å².